The molecule has 268 valence electrons. The van der Waals surface area contributed by atoms with Gasteiger partial charge in [-0.1, -0.05) is 12.1 Å². The van der Waals surface area contributed by atoms with Gasteiger partial charge >= 0.3 is 0 Å². The first-order valence-corrected chi connectivity index (χ1v) is 18.8. The molecule has 16 heteroatoms. The van der Waals surface area contributed by atoms with E-state index >= 15 is 0 Å². The molecule has 5 N–H and O–H groups in total. The van der Waals surface area contributed by atoms with Crippen molar-refractivity contribution < 1.29 is 32.4 Å². The lowest BCUT2D eigenvalue weighted by atomic mass is 10.0. The summed E-state index contributed by atoms with van der Waals surface area (Å²) in [6.07, 6.45) is 7.19. The highest BCUT2D eigenvalue weighted by Gasteiger charge is 2.39. The van der Waals surface area contributed by atoms with Gasteiger partial charge in [0.05, 0.1) is 11.1 Å². The lowest BCUT2D eigenvalue weighted by molar-refractivity contribution is -0.137. The Morgan fingerprint density at radius 3 is 2.57 bits per heavy atom. The van der Waals surface area contributed by atoms with Crippen molar-refractivity contribution in [3.05, 3.63) is 71.0 Å². The lowest BCUT2D eigenvalue weighted by Crippen LogP contribution is -2.52. The van der Waals surface area contributed by atoms with E-state index in [9.17, 15) is 32.4 Å². The molecular weight excluding hydrogens is 677 g/mol. The average Bonchev–Trinajstić information content (AvgIpc) is 3.41. The Morgan fingerprint density at radius 1 is 1.06 bits per heavy atom. The minimum Gasteiger partial charge on any atom is -0.364 e. The van der Waals surface area contributed by atoms with E-state index in [0.29, 0.717) is 62.4 Å². The zero-order valence-electron chi connectivity index (χ0n) is 28.2. The van der Waals surface area contributed by atoms with E-state index in [0.717, 1.165) is 36.6 Å². The Hall–Kier alpha value is -5.38. The Balaban J connectivity index is 0.989. The Morgan fingerprint density at radius 2 is 1.84 bits per heavy atom. The van der Waals surface area contributed by atoms with Gasteiger partial charge in [0, 0.05) is 56.0 Å². The van der Waals surface area contributed by atoms with Crippen LogP contribution in [-0.4, -0.2) is 84.3 Å². The summed E-state index contributed by atoms with van der Waals surface area (Å²) in [5, 5.41) is 8.47. The van der Waals surface area contributed by atoms with Crippen LogP contribution in [0.5, 0.6) is 0 Å². The highest BCUT2D eigenvalue weighted by atomic mass is 32.2. The number of benzene rings is 2. The van der Waals surface area contributed by atoms with Crippen molar-refractivity contribution in [1.29, 1.82) is 0 Å². The average molecular weight is 717 g/mol. The van der Waals surface area contributed by atoms with Crippen molar-refractivity contribution in [1.82, 2.24) is 25.5 Å². The number of imide groups is 1. The van der Waals surface area contributed by atoms with E-state index in [-0.39, 0.29) is 46.6 Å². The van der Waals surface area contributed by atoms with Gasteiger partial charge in [-0.05, 0) is 80.0 Å². The summed E-state index contributed by atoms with van der Waals surface area (Å²) in [5.41, 5.74) is 8.41. The van der Waals surface area contributed by atoms with Crippen LogP contribution in [0.1, 0.15) is 76.9 Å². The molecule has 3 aliphatic rings. The summed E-state index contributed by atoms with van der Waals surface area (Å²) in [7, 11) is -3.37. The normalized spacial score (nSPS) is 19.0. The van der Waals surface area contributed by atoms with Crippen LogP contribution in [0.3, 0.4) is 0 Å². The number of unbranched alkanes of at least 4 members (excludes halogenated alkanes) is 1. The van der Waals surface area contributed by atoms with Crippen LogP contribution < -0.4 is 26.6 Å². The standard InChI is InChI=1S/C35H40N8O7S/c1-51(49,50)25-12-10-23(11-13-25)39-33-31(32(36)46)37-18-28(40-33)42-16-4-6-24(20-42)38-29(44)7-3-2-5-21-8-9-22-19-43(35(48)26(22)17-21)27-14-15-30(45)41-34(27)47/h8-13,17-18,24,27H,2-7,14-16,19-20H2,1H3,(H2,36,46)(H,38,44)(H,39,40)(H,41,45,47). The predicted molar refractivity (Wildman–Crippen MR) is 187 cm³/mol. The monoisotopic (exact) mass is 716 g/mol. The van der Waals surface area contributed by atoms with E-state index in [1.54, 1.807) is 12.1 Å². The molecular formula is C35H40N8O7S. The molecule has 2 aromatic carbocycles. The van der Waals surface area contributed by atoms with E-state index in [2.05, 4.69) is 25.9 Å². The highest BCUT2D eigenvalue weighted by Crippen LogP contribution is 2.29. The number of hydrogen-bond donors (Lipinski definition) is 4. The fourth-order valence-corrected chi connectivity index (χ4v) is 7.33. The van der Waals surface area contributed by atoms with Crippen LogP contribution in [0, 0.1) is 0 Å². The third kappa shape index (κ3) is 8.33. The number of piperidine rings is 2. The molecule has 0 radical (unpaired) electrons. The highest BCUT2D eigenvalue weighted by molar-refractivity contribution is 7.90. The minimum atomic E-state index is -3.37. The summed E-state index contributed by atoms with van der Waals surface area (Å²) in [6.45, 7) is 1.51. The van der Waals surface area contributed by atoms with Crippen LogP contribution in [0.25, 0.3) is 0 Å². The summed E-state index contributed by atoms with van der Waals surface area (Å²) >= 11 is 0. The molecule has 0 bridgehead atoms. The molecule has 51 heavy (non-hydrogen) atoms. The number of carbonyl (C=O) groups excluding carboxylic acids is 5. The maximum Gasteiger partial charge on any atom is 0.271 e. The van der Waals surface area contributed by atoms with Gasteiger partial charge < -0.3 is 26.2 Å². The summed E-state index contributed by atoms with van der Waals surface area (Å²) in [5.74, 6) is -1.14. The summed E-state index contributed by atoms with van der Waals surface area (Å²) in [4.78, 5) is 74.5. The number of anilines is 3. The predicted octanol–water partition coefficient (Wildman–Crippen LogP) is 1.98. The number of primary amides is 1. The summed E-state index contributed by atoms with van der Waals surface area (Å²) < 4.78 is 23.6. The zero-order valence-corrected chi connectivity index (χ0v) is 29.0. The molecule has 0 saturated carbocycles. The quantitative estimate of drug-likeness (QED) is 0.157. The van der Waals surface area contributed by atoms with Gasteiger partial charge in [-0.15, -0.1) is 0 Å². The van der Waals surface area contributed by atoms with Crippen LogP contribution in [0.15, 0.2) is 53.6 Å². The third-order valence-electron chi connectivity index (χ3n) is 9.36. The van der Waals surface area contributed by atoms with Crippen molar-refractivity contribution in [2.24, 2.45) is 5.73 Å². The van der Waals surface area contributed by atoms with E-state index in [1.807, 2.05) is 23.1 Å². The second-order valence-corrected chi connectivity index (χ2v) is 15.2. The zero-order chi connectivity index (χ0) is 36.3. The van der Waals surface area contributed by atoms with Crippen molar-refractivity contribution in [3.8, 4) is 0 Å². The third-order valence-corrected chi connectivity index (χ3v) is 10.5. The van der Waals surface area contributed by atoms with Gasteiger partial charge in [0.15, 0.2) is 21.3 Å². The number of nitrogens with zero attached hydrogens (tertiary/aromatic N) is 4. The number of amides is 5. The number of sulfone groups is 1. The molecule has 15 nitrogen and oxygen atoms in total. The number of carbonyl (C=O) groups is 5. The first kappa shape index (κ1) is 35.4. The topological polar surface area (TPSA) is 214 Å². The van der Waals surface area contributed by atoms with E-state index in [1.165, 1.54) is 23.2 Å². The first-order valence-electron chi connectivity index (χ1n) is 16.9. The number of nitrogens with one attached hydrogen (secondary N) is 3. The number of nitrogens with two attached hydrogens (primary N) is 1. The van der Waals surface area contributed by atoms with Crippen LogP contribution in [-0.2, 0) is 37.2 Å². The first-order chi connectivity index (χ1) is 24.4. The van der Waals surface area contributed by atoms with Gasteiger partial charge in [0.2, 0.25) is 17.7 Å². The van der Waals surface area contributed by atoms with Gasteiger partial charge in [0.25, 0.3) is 11.8 Å². The molecule has 1 aromatic heterocycles. The second kappa shape index (κ2) is 14.8. The minimum absolute atomic E-state index is 0.0547. The molecule has 6 rings (SSSR count). The second-order valence-electron chi connectivity index (χ2n) is 13.2. The van der Waals surface area contributed by atoms with E-state index < -0.39 is 27.7 Å². The maximum absolute atomic E-state index is 13.1. The Kier molecular flexibility index (Phi) is 10.3. The molecule has 2 saturated heterocycles. The van der Waals surface area contributed by atoms with Crippen LogP contribution >= 0.6 is 0 Å². The number of fused-ring (bicyclic) bond motifs is 1. The van der Waals surface area contributed by atoms with Crippen molar-refractivity contribution in [3.63, 3.8) is 0 Å². The van der Waals surface area contributed by atoms with Crippen molar-refractivity contribution >= 4 is 56.7 Å². The molecule has 2 fully saturated rings. The van der Waals surface area contributed by atoms with Crippen LogP contribution in [0.2, 0.25) is 0 Å². The van der Waals surface area contributed by atoms with Crippen molar-refractivity contribution in [2.75, 3.05) is 29.6 Å². The molecule has 2 unspecified atom stereocenters. The van der Waals surface area contributed by atoms with Gasteiger partial charge in [-0.2, -0.15) is 0 Å². The fraction of sp³-hybridized carbons (Fsp3) is 0.400. The number of rotatable bonds is 12. The molecule has 0 spiro atoms. The smallest absolute Gasteiger partial charge is 0.271 e. The molecule has 3 aliphatic heterocycles. The molecule has 2 atom stereocenters. The maximum atomic E-state index is 13.1. The lowest BCUT2D eigenvalue weighted by Gasteiger charge is -2.34. The Bertz CT molecular complexity index is 1990. The molecule has 5 amide bonds. The number of aryl methyl sites for hydroxylation is 1. The fourth-order valence-electron chi connectivity index (χ4n) is 6.70. The molecule has 0 aliphatic carbocycles. The van der Waals surface area contributed by atoms with Gasteiger partial charge in [-0.25, -0.2) is 18.4 Å². The van der Waals surface area contributed by atoms with Crippen LogP contribution in [0.4, 0.5) is 17.3 Å². The van der Waals surface area contributed by atoms with Crippen molar-refractivity contribution in [2.45, 2.75) is 74.9 Å². The largest absolute Gasteiger partial charge is 0.364 e. The molecule has 3 aromatic rings. The van der Waals surface area contributed by atoms with E-state index in [4.69, 9.17) is 5.73 Å². The SMILES string of the molecule is CS(=O)(=O)c1ccc(Nc2nc(N3CCCC(NC(=O)CCCCc4ccc5c(c4)C(=O)N(C4CCC(=O)NC4=O)C5)C3)cnc2C(N)=O)cc1. The summed E-state index contributed by atoms with van der Waals surface area (Å²) in [6, 6.07) is 11.0. The van der Waals surface area contributed by atoms with Gasteiger partial charge in [0.1, 0.15) is 11.9 Å². The Labute approximate surface area is 295 Å². The number of aromatic nitrogens is 2. The number of hydrogen-bond acceptors (Lipinski definition) is 11. The molecule has 4 heterocycles. The van der Waals surface area contributed by atoms with Gasteiger partial charge in [-0.3, -0.25) is 29.3 Å².